The molecule has 0 radical (unpaired) electrons. The van der Waals surface area contributed by atoms with Crippen LogP contribution in [-0.4, -0.2) is 17.1 Å². The minimum Gasteiger partial charge on any atom is -0.465 e. The van der Waals surface area contributed by atoms with E-state index in [1.54, 1.807) is 24.3 Å². The van der Waals surface area contributed by atoms with Crippen LogP contribution in [0.1, 0.15) is 17.2 Å². The molecule has 3 rings (SSSR count). The van der Waals surface area contributed by atoms with Crippen molar-refractivity contribution in [3.8, 4) is 0 Å². The molecular formula is C20H18N2O3. The van der Waals surface area contributed by atoms with Gasteiger partial charge in [-0.15, -0.1) is 0 Å². The van der Waals surface area contributed by atoms with Crippen molar-refractivity contribution in [2.75, 3.05) is 5.32 Å². The molecule has 0 bridgehead atoms. The fourth-order valence-corrected chi connectivity index (χ4v) is 2.81. The van der Waals surface area contributed by atoms with Crippen molar-refractivity contribution in [2.45, 2.75) is 13.0 Å². The second kappa shape index (κ2) is 7.05. The maximum absolute atomic E-state index is 12.8. The van der Waals surface area contributed by atoms with Gasteiger partial charge in [-0.3, -0.25) is 4.79 Å². The maximum atomic E-state index is 12.8. The summed E-state index contributed by atoms with van der Waals surface area (Å²) in [7, 11) is 0. The second-order valence-electron chi connectivity index (χ2n) is 5.76. The van der Waals surface area contributed by atoms with Crippen LogP contribution in [0.25, 0.3) is 10.8 Å². The van der Waals surface area contributed by atoms with E-state index >= 15 is 0 Å². The molecule has 0 heterocycles. The van der Waals surface area contributed by atoms with Crippen molar-refractivity contribution in [2.24, 2.45) is 0 Å². The van der Waals surface area contributed by atoms with Gasteiger partial charge in [0.25, 0.3) is 5.91 Å². The number of fused-ring (bicyclic) bond motifs is 1. The SMILES string of the molecule is Cc1ccc2ccccc2c1NC(=O)C(NC(=O)O)c1ccccc1. The van der Waals surface area contributed by atoms with Crippen LogP contribution >= 0.6 is 0 Å². The average Bonchev–Trinajstić information content (AvgIpc) is 2.62. The van der Waals surface area contributed by atoms with E-state index in [2.05, 4.69) is 10.6 Å². The zero-order valence-electron chi connectivity index (χ0n) is 13.7. The number of anilines is 1. The van der Waals surface area contributed by atoms with Crippen molar-refractivity contribution in [3.05, 3.63) is 77.9 Å². The minimum absolute atomic E-state index is 0.423. The Bertz CT molecular complexity index is 923. The number of carbonyl (C=O) groups excluding carboxylic acids is 1. The van der Waals surface area contributed by atoms with Gasteiger partial charge in [-0.25, -0.2) is 4.79 Å². The summed E-state index contributed by atoms with van der Waals surface area (Å²) in [6.45, 7) is 1.91. The molecule has 0 saturated carbocycles. The summed E-state index contributed by atoms with van der Waals surface area (Å²) in [5.41, 5.74) is 2.19. The lowest BCUT2D eigenvalue weighted by Gasteiger charge is -2.19. The van der Waals surface area contributed by atoms with E-state index in [1.165, 1.54) is 0 Å². The van der Waals surface area contributed by atoms with Crippen molar-refractivity contribution in [1.29, 1.82) is 0 Å². The molecule has 0 fully saturated rings. The smallest absolute Gasteiger partial charge is 0.405 e. The Morgan fingerprint density at radius 1 is 0.920 bits per heavy atom. The largest absolute Gasteiger partial charge is 0.465 e. The van der Waals surface area contributed by atoms with Crippen LogP contribution in [0.5, 0.6) is 0 Å². The summed E-state index contributed by atoms with van der Waals surface area (Å²) < 4.78 is 0. The molecule has 126 valence electrons. The predicted octanol–water partition coefficient (Wildman–Crippen LogP) is 4.10. The topological polar surface area (TPSA) is 78.4 Å². The Hall–Kier alpha value is -3.34. The number of amides is 2. The summed E-state index contributed by atoms with van der Waals surface area (Å²) in [5, 5.41) is 16.2. The molecule has 25 heavy (non-hydrogen) atoms. The van der Waals surface area contributed by atoms with E-state index in [0.29, 0.717) is 11.3 Å². The van der Waals surface area contributed by atoms with Gasteiger partial charge in [-0.05, 0) is 23.4 Å². The number of hydrogen-bond donors (Lipinski definition) is 3. The van der Waals surface area contributed by atoms with Gasteiger partial charge in [0, 0.05) is 5.39 Å². The molecule has 0 saturated heterocycles. The third kappa shape index (κ3) is 3.61. The number of benzene rings is 3. The Labute approximate surface area is 145 Å². The quantitative estimate of drug-likeness (QED) is 0.672. The van der Waals surface area contributed by atoms with E-state index in [9.17, 15) is 9.59 Å². The normalized spacial score (nSPS) is 11.7. The molecular weight excluding hydrogens is 316 g/mol. The molecule has 5 nitrogen and oxygen atoms in total. The van der Waals surface area contributed by atoms with E-state index in [0.717, 1.165) is 16.3 Å². The van der Waals surface area contributed by atoms with Gasteiger partial charge in [0.2, 0.25) is 0 Å². The Morgan fingerprint density at radius 2 is 1.60 bits per heavy atom. The molecule has 3 aromatic carbocycles. The summed E-state index contributed by atoms with van der Waals surface area (Å²) in [6.07, 6.45) is -1.25. The molecule has 0 spiro atoms. The zero-order valence-corrected chi connectivity index (χ0v) is 13.7. The molecule has 0 aliphatic heterocycles. The van der Waals surface area contributed by atoms with Crippen LogP contribution in [0.4, 0.5) is 10.5 Å². The fourth-order valence-electron chi connectivity index (χ4n) is 2.81. The van der Waals surface area contributed by atoms with Crippen LogP contribution in [-0.2, 0) is 4.79 Å². The first kappa shape index (κ1) is 16.5. The third-order valence-corrected chi connectivity index (χ3v) is 4.05. The first-order valence-electron chi connectivity index (χ1n) is 7.90. The van der Waals surface area contributed by atoms with E-state index in [-0.39, 0.29) is 0 Å². The number of rotatable bonds is 4. The van der Waals surface area contributed by atoms with E-state index < -0.39 is 18.0 Å². The van der Waals surface area contributed by atoms with Gasteiger partial charge >= 0.3 is 6.09 Å². The molecule has 0 aromatic heterocycles. The summed E-state index contributed by atoms with van der Waals surface area (Å²) in [4.78, 5) is 23.9. The van der Waals surface area contributed by atoms with Crippen molar-refractivity contribution in [3.63, 3.8) is 0 Å². The number of nitrogens with one attached hydrogen (secondary N) is 2. The molecule has 1 atom stereocenters. The maximum Gasteiger partial charge on any atom is 0.405 e. The summed E-state index contributed by atoms with van der Waals surface area (Å²) in [5.74, 6) is -0.423. The first-order chi connectivity index (χ1) is 12.1. The van der Waals surface area contributed by atoms with Gasteiger partial charge in [-0.1, -0.05) is 66.7 Å². The van der Waals surface area contributed by atoms with E-state index in [4.69, 9.17) is 5.11 Å². The molecule has 3 N–H and O–H groups in total. The zero-order chi connectivity index (χ0) is 17.8. The lowest BCUT2D eigenvalue weighted by atomic mass is 10.0. The highest BCUT2D eigenvalue weighted by atomic mass is 16.4. The monoisotopic (exact) mass is 334 g/mol. The van der Waals surface area contributed by atoms with Crippen molar-refractivity contribution in [1.82, 2.24) is 5.32 Å². The highest BCUT2D eigenvalue weighted by Crippen LogP contribution is 2.28. The Morgan fingerprint density at radius 3 is 2.32 bits per heavy atom. The van der Waals surface area contributed by atoms with Gasteiger partial charge in [0.1, 0.15) is 6.04 Å². The minimum atomic E-state index is -1.25. The summed E-state index contributed by atoms with van der Waals surface area (Å²) in [6, 6.07) is 19.4. The average molecular weight is 334 g/mol. The van der Waals surface area contributed by atoms with Crippen LogP contribution in [0.2, 0.25) is 0 Å². The van der Waals surface area contributed by atoms with E-state index in [1.807, 2.05) is 49.4 Å². The van der Waals surface area contributed by atoms with Crippen LogP contribution < -0.4 is 10.6 Å². The second-order valence-corrected chi connectivity index (χ2v) is 5.76. The molecule has 0 aliphatic carbocycles. The van der Waals surface area contributed by atoms with Crippen LogP contribution in [0, 0.1) is 6.92 Å². The fraction of sp³-hybridized carbons (Fsp3) is 0.100. The summed E-state index contributed by atoms with van der Waals surface area (Å²) >= 11 is 0. The highest BCUT2D eigenvalue weighted by molar-refractivity contribution is 6.05. The van der Waals surface area contributed by atoms with Gasteiger partial charge in [0.05, 0.1) is 5.69 Å². The van der Waals surface area contributed by atoms with Crippen LogP contribution in [0.15, 0.2) is 66.7 Å². The van der Waals surface area contributed by atoms with Gasteiger partial charge in [-0.2, -0.15) is 0 Å². The predicted molar refractivity (Wildman–Crippen MR) is 97.7 cm³/mol. The number of aryl methyl sites for hydroxylation is 1. The number of hydrogen-bond acceptors (Lipinski definition) is 2. The molecule has 5 heteroatoms. The van der Waals surface area contributed by atoms with Gasteiger partial charge in [0.15, 0.2) is 0 Å². The van der Waals surface area contributed by atoms with Crippen LogP contribution in [0.3, 0.4) is 0 Å². The Kier molecular flexibility index (Phi) is 4.66. The number of carboxylic acid groups (broad SMARTS) is 1. The lowest BCUT2D eigenvalue weighted by Crippen LogP contribution is -2.36. The van der Waals surface area contributed by atoms with Gasteiger partial charge < -0.3 is 15.7 Å². The lowest BCUT2D eigenvalue weighted by molar-refractivity contribution is -0.118. The standard InChI is InChI=1S/C20H18N2O3/c1-13-11-12-14-7-5-6-10-16(14)17(13)21-19(23)18(22-20(24)25)15-8-3-2-4-9-15/h2-12,18,22H,1H3,(H,21,23)(H,24,25). The Balaban J connectivity index is 1.97. The third-order valence-electron chi connectivity index (χ3n) is 4.05. The highest BCUT2D eigenvalue weighted by Gasteiger charge is 2.23. The van der Waals surface area contributed by atoms with Crippen molar-refractivity contribution >= 4 is 28.5 Å². The molecule has 2 amide bonds. The molecule has 3 aromatic rings. The van der Waals surface area contributed by atoms with Crippen molar-refractivity contribution < 1.29 is 14.7 Å². The molecule has 0 aliphatic rings. The first-order valence-corrected chi connectivity index (χ1v) is 7.90. The number of carbonyl (C=O) groups is 2. The molecule has 1 unspecified atom stereocenters.